The first kappa shape index (κ1) is 23.3. The molecule has 2 fully saturated rings. The van der Waals surface area contributed by atoms with Crippen LogP contribution in [0.4, 0.5) is 0 Å². The van der Waals surface area contributed by atoms with Crippen molar-refractivity contribution in [1.82, 2.24) is 24.9 Å². The number of phenols is 1. The lowest BCUT2D eigenvalue weighted by atomic mass is 10.1. The third-order valence-electron chi connectivity index (χ3n) is 7.87. The summed E-state index contributed by atoms with van der Waals surface area (Å²) in [5, 5.41) is 19.1. The van der Waals surface area contributed by atoms with E-state index in [0.29, 0.717) is 25.3 Å². The van der Waals surface area contributed by atoms with Crippen molar-refractivity contribution >= 4 is 16.8 Å². The number of benzene rings is 2. The standard InChI is InChI=1S/C28H35N5O3/c34-27-16-25-23(26(30-29-25)19-32-10-4-5-11-32)15-24(27)28(35)33-17-20-6-7-22(14-21(20)18-33)36-13-12-31-8-2-1-3-9-31/h6-7,14-16,34H,1-5,8-13,17-19H2,(H,29,30). The number of aromatic amines is 1. The van der Waals surface area contributed by atoms with Gasteiger partial charge in [-0.05, 0) is 81.2 Å². The van der Waals surface area contributed by atoms with Crippen molar-refractivity contribution in [1.29, 1.82) is 0 Å². The molecule has 36 heavy (non-hydrogen) atoms. The van der Waals surface area contributed by atoms with E-state index in [2.05, 4.69) is 32.1 Å². The zero-order chi connectivity index (χ0) is 24.5. The second kappa shape index (κ2) is 10.1. The van der Waals surface area contributed by atoms with Gasteiger partial charge in [0.1, 0.15) is 18.1 Å². The number of aromatic nitrogens is 2. The Balaban J connectivity index is 1.13. The van der Waals surface area contributed by atoms with Crippen molar-refractivity contribution in [2.45, 2.75) is 51.7 Å². The highest BCUT2D eigenvalue weighted by molar-refractivity contribution is 6.01. The third-order valence-corrected chi connectivity index (χ3v) is 7.87. The second-order valence-electron chi connectivity index (χ2n) is 10.4. The van der Waals surface area contributed by atoms with Gasteiger partial charge in [-0.1, -0.05) is 12.5 Å². The number of carbonyl (C=O) groups excluding carboxylic acids is 1. The van der Waals surface area contributed by atoms with Crippen molar-refractivity contribution < 1.29 is 14.6 Å². The first-order chi connectivity index (χ1) is 17.6. The molecule has 2 N–H and O–H groups in total. The molecule has 0 spiro atoms. The zero-order valence-electron chi connectivity index (χ0n) is 20.8. The number of amides is 1. The summed E-state index contributed by atoms with van der Waals surface area (Å²) < 4.78 is 6.04. The number of hydrogen-bond acceptors (Lipinski definition) is 6. The van der Waals surface area contributed by atoms with Crippen LogP contribution in [0, 0.1) is 0 Å². The second-order valence-corrected chi connectivity index (χ2v) is 10.4. The molecule has 0 atom stereocenters. The molecule has 0 saturated carbocycles. The average Bonchev–Trinajstić information content (AvgIpc) is 3.64. The highest BCUT2D eigenvalue weighted by Gasteiger charge is 2.27. The first-order valence-corrected chi connectivity index (χ1v) is 13.3. The molecule has 3 aromatic rings. The Morgan fingerprint density at radius 1 is 0.944 bits per heavy atom. The molecule has 8 heteroatoms. The molecule has 1 aromatic heterocycles. The lowest BCUT2D eigenvalue weighted by molar-refractivity contribution is 0.0748. The maximum Gasteiger partial charge on any atom is 0.258 e. The minimum Gasteiger partial charge on any atom is -0.507 e. The van der Waals surface area contributed by atoms with Crippen molar-refractivity contribution in [3.63, 3.8) is 0 Å². The molecule has 2 saturated heterocycles. The number of ether oxygens (including phenoxy) is 1. The molecule has 3 aliphatic heterocycles. The Morgan fingerprint density at radius 2 is 1.69 bits per heavy atom. The van der Waals surface area contributed by atoms with Crippen LogP contribution in [0.25, 0.3) is 10.9 Å². The van der Waals surface area contributed by atoms with E-state index in [0.717, 1.165) is 59.7 Å². The van der Waals surface area contributed by atoms with E-state index < -0.39 is 0 Å². The quantitative estimate of drug-likeness (QED) is 0.524. The maximum atomic E-state index is 13.5. The van der Waals surface area contributed by atoms with Crippen molar-refractivity contribution in [2.24, 2.45) is 0 Å². The lowest BCUT2D eigenvalue weighted by Crippen LogP contribution is -2.33. The van der Waals surface area contributed by atoms with E-state index in [9.17, 15) is 9.90 Å². The molecule has 0 bridgehead atoms. The fourth-order valence-electron chi connectivity index (χ4n) is 5.80. The Hall–Kier alpha value is -3.10. The van der Waals surface area contributed by atoms with Crippen LogP contribution in [0.1, 0.15) is 59.3 Å². The highest BCUT2D eigenvalue weighted by Crippen LogP contribution is 2.32. The minimum atomic E-state index is -0.161. The number of piperidine rings is 1. The molecule has 8 nitrogen and oxygen atoms in total. The van der Waals surface area contributed by atoms with Gasteiger partial charge in [0.25, 0.3) is 5.91 Å². The van der Waals surface area contributed by atoms with Gasteiger partial charge < -0.3 is 14.7 Å². The molecule has 4 heterocycles. The van der Waals surface area contributed by atoms with Gasteiger partial charge in [-0.15, -0.1) is 0 Å². The average molecular weight is 490 g/mol. The summed E-state index contributed by atoms with van der Waals surface area (Å²) in [7, 11) is 0. The molecule has 6 rings (SSSR count). The zero-order valence-corrected chi connectivity index (χ0v) is 20.8. The number of fused-ring (bicyclic) bond motifs is 2. The Morgan fingerprint density at radius 3 is 2.53 bits per heavy atom. The number of nitrogens with zero attached hydrogens (tertiary/aromatic N) is 4. The van der Waals surface area contributed by atoms with Crippen LogP contribution in [0.15, 0.2) is 30.3 Å². The summed E-state index contributed by atoms with van der Waals surface area (Å²) in [4.78, 5) is 20.1. The molecular formula is C28H35N5O3. The van der Waals surface area contributed by atoms with Crippen LogP contribution in [-0.4, -0.2) is 75.2 Å². The van der Waals surface area contributed by atoms with Gasteiger partial charge in [0, 0.05) is 37.6 Å². The van der Waals surface area contributed by atoms with Gasteiger partial charge in [-0.25, -0.2) is 0 Å². The van der Waals surface area contributed by atoms with Crippen LogP contribution in [-0.2, 0) is 19.6 Å². The number of nitrogens with one attached hydrogen (secondary N) is 1. The highest BCUT2D eigenvalue weighted by atomic mass is 16.5. The lowest BCUT2D eigenvalue weighted by Gasteiger charge is -2.26. The number of H-pyrrole nitrogens is 1. The van der Waals surface area contributed by atoms with Crippen molar-refractivity contribution in [3.8, 4) is 11.5 Å². The molecule has 0 aliphatic carbocycles. The summed E-state index contributed by atoms with van der Waals surface area (Å²) in [6.45, 7) is 7.93. The molecule has 190 valence electrons. The first-order valence-electron chi connectivity index (χ1n) is 13.3. The maximum absolute atomic E-state index is 13.5. The van der Waals surface area contributed by atoms with Crippen LogP contribution in [0.5, 0.6) is 11.5 Å². The fraction of sp³-hybridized carbons (Fsp3) is 0.500. The monoisotopic (exact) mass is 489 g/mol. The molecule has 2 aromatic carbocycles. The summed E-state index contributed by atoms with van der Waals surface area (Å²) in [5.74, 6) is 0.683. The van der Waals surface area contributed by atoms with Crippen LogP contribution < -0.4 is 4.74 Å². The van der Waals surface area contributed by atoms with E-state index in [4.69, 9.17) is 4.74 Å². The number of hydrogen-bond donors (Lipinski definition) is 2. The van der Waals surface area contributed by atoms with E-state index in [1.54, 1.807) is 17.0 Å². The third kappa shape index (κ3) is 4.80. The number of phenolic OH excluding ortho intramolecular Hbond substituents is 1. The molecule has 1 amide bonds. The minimum absolute atomic E-state index is 0.0124. The van der Waals surface area contributed by atoms with E-state index in [-0.39, 0.29) is 11.7 Å². The van der Waals surface area contributed by atoms with Gasteiger partial charge in [0.2, 0.25) is 0 Å². The van der Waals surface area contributed by atoms with Gasteiger partial charge in [-0.2, -0.15) is 5.10 Å². The normalized spacial score (nSPS) is 18.7. The molecule has 0 unspecified atom stereocenters. The van der Waals surface area contributed by atoms with E-state index >= 15 is 0 Å². The Kier molecular flexibility index (Phi) is 6.54. The largest absolute Gasteiger partial charge is 0.507 e. The summed E-state index contributed by atoms with van der Waals surface area (Å²) in [6.07, 6.45) is 6.34. The Bertz CT molecular complexity index is 1240. The Labute approximate surface area is 211 Å². The predicted octanol–water partition coefficient (Wildman–Crippen LogP) is 3.89. The number of carbonyl (C=O) groups is 1. The van der Waals surface area contributed by atoms with Crippen LogP contribution >= 0.6 is 0 Å². The van der Waals surface area contributed by atoms with E-state index in [1.165, 1.54) is 45.2 Å². The smallest absolute Gasteiger partial charge is 0.258 e. The molecular weight excluding hydrogens is 454 g/mol. The summed E-state index contributed by atoms with van der Waals surface area (Å²) >= 11 is 0. The van der Waals surface area contributed by atoms with Crippen molar-refractivity contribution in [3.05, 3.63) is 52.7 Å². The summed E-state index contributed by atoms with van der Waals surface area (Å²) in [6, 6.07) is 9.56. The fourth-order valence-corrected chi connectivity index (χ4v) is 5.80. The van der Waals surface area contributed by atoms with Crippen molar-refractivity contribution in [2.75, 3.05) is 39.3 Å². The van der Waals surface area contributed by atoms with Gasteiger partial charge in [-0.3, -0.25) is 19.7 Å². The number of aromatic hydroxyl groups is 1. The predicted molar refractivity (Wildman–Crippen MR) is 138 cm³/mol. The van der Waals surface area contributed by atoms with Gasteiger partial charge in [0.15, 0.2) is 0 Å². The van der Waals surface area contributed by atoms with Gasteiger partial charge in [0.05, 0.1) is 16.8 Å². The van der Waals surface area contributed by atoms with Gasteiger partial charge >= 0.3 is 0 Å². The SMILES string of the molecule is O=C(c1cc2c(CN3CCCC3)n[nH]c2cc1O)N1Cc2ccc(OCCN3CCCCC3)cc2C1. The van der Waals surface area contributed by atoms with Crippen LogP contribution in [0.3, 0.4) is 0 Å². The number of rotatable bonds is 7. The topological polar surface area (TPSA) is 84.9 Å². The van der Waals surface area contributed by atoms with E-state index in [1.807, 2.05) is 6.07 Å². The molecule has 0 radical (unpaired) electrons. The van der Waals surface area contributed by atoms with Crippen LogP contribution in [0.2, 0.25) is 0 Å². The summed E-state index contributed by atoms with van der Waals surface area (Å²) in [5.41, 5.74) is 4.26. The molecule has 3 aliphatic rings. The number of likely N-dealkylation sites (tertiary alicyclic amines) is 2.